The molecule has 0 radical (unpaired) electrons. The second-order valence-corrected chi connectivity index (χ2v) is 5.04. The van der Waals surface area contributed by atoms with Gasteiger partial charge in [-0.15, -0.1) is 0 Å². The number of nitrogens with one attached hydrogen (secondary N) is 1. The van der Waals surface area contributed by atoms with Crippen LogP contribution in [0.25, 0.3) is 0 Å². The molecule has 0 bridgehead atoms. The first kappa shape index (κ1) is 12.4. The van der Waals surface area contributed by atoms with E-state index in [1.807, 2.05) is 0 Å². The van der Waals surface area contributed by atoms with Crippen LogP contribution in [0, 0.1) is 5.92 Å². The lowest BCUT2D eigenvalue weighted by molar-refractivity contribution is 0.683. The maximum absolute atomic E-state index is 5.91. The predicted molar refractivity (Wildman–Crippen MR) is 69.6 cm³/mol. The smallest absolute Gasteiger partial charge is 0.231 e. The van der Waals surface area contributed by atoms with E-state index in [-0.39, 0.29) is 5.28 Å². The molecule has 6 heteroatoms. The van der Waals surface area contributed by atoms with Gasteiger partial charge in [0.25, 0.3) is 0 Å². The van der Waals surface area contributed by atoms with Gasteiger partial charge in [0.15, 0.2) is 0 Å². The van der Waals surface area contributed by atoms with Crippen molar-refractivity contribution in [3.8, 4) is 0 Å². The number of hydrogen-bond donors (Lipinski definition) is 1. The summed E-state index contributed by atoms with van der Waals surface area (Å²) in [6.45, 7) is 7.11. The van der Waals surface area contributed by atoms with Crippen LogP contribution in [0.15, 0.2) is 0 Å². The highest BCUT2D eigenvalue weighted by Gasteiger charge is 2.16. The minimum atomic E-state index is 0.258. The Bertz CT molecular complexity index is 376. The zero-order valence-electron chi connectivity index (χ0n) is 10.3. The summed E-state index contributed by atoms with van der Waals surface area (Å²) in [7, 11) is 0. The third-order valence-corrected chi connectivity index (χ3v) is 2.82. The summed E-state index contributed by atoms with van der Waals surface area (Å²) in [5.41, 5.74) is 0. The number of halogens is 1. The van der Waals surface area contributed by atoms with E-state index in [9.17, 15) is 0 Å². The lowest BCUT2D eigenvalue weighted by Gasteiger charge is -2.16. The second-order valence-electron chi connectivity index (χ2n) is 4.70. The van der Waals surface area contributed by atoms with Crippen LogP contribution >= 0.6 is 11.6 Å². The minimum Gasteiger partial charge on any atom is -0.354 e. The predicted octanol–water partition coefficient (Wildman–Crippen LogP) is 2.19. The Morgan fingerprint density at radius 1 is 1.24 bits per heavy atom. The summed E-state index contributed by atoms with van der Waals surface area (Å²) < 4.78 is 0. The highest BCUT2D eigenvalue weighted by Crippen LogP contribution is 2.18. The van der Waals surface area contributed by atoms with Gasteiger partial charge in [-0.05, 0) is 30.4 Å². The molecule has 1 aromatic rings. The molecule has 1 aliphatic heterocycles. The zero-order chi connectivity index (χ0) is 12.3. The number of hydrogen-bond acceptors (Lipinski definition) is 5. The van der Waals surface area contributed by atoms with Crippen molar-refractivity contribution < 1.29 is 0 Å². The molecule has 1 saturated heterocycles. The molecule has 2 rings (SSSR count). The van der Waals surface area contributed by atoms with Gasteiger partial charge in [-0.3, -0.25) is 0 Å². The van der Waals surface area contributed by atoms with Crippen LogP contribution in [-0.4, -0.2) is 34.6 Å². The lowest BCUT2D eigenvalue weighted by atomic mass is 10.2. The summed E-state index contributed by atoms with van der Waals surface area (Å²) in [6.07, 6.45) is 2.39. The molecule has 17 heavy (non-hydrogen) atoms. The summed E-state index contributed by atoms with van der Waals surface area (Å²) in [5, 5.41) is 3.43. The molecule has 1 aliphatic rings. The van der Waals surface area contributed by atoms with Crippen molar-refractivity contribution in [1.29, 1.82) is 0 Å². The second kappa shape index (κ2) is 5.49. The Morgan fingerprint density at radius 3 is 2.59 bits per heavy atom. The Balaban J connectivity index is 2.11. The Morgan fingerprint density at radius 2 is 1.94 bits per heavy atom. The largest absolute Gasteiger partial charge is 0.354 e. The van der Waals surface area contributed by atoms with Gasteiger partial charge in [0.1, 0.15) is 0 Å². The molecule has 0 unspecified atom stereocenters. The fourth-order valence-corrected chi connectivity index (χ4v) is 1.93. The SMILES string of the molecule is CC(C)CNc1nc(Cl)nc(N2CCCC2)n1. The van der Waals surface area contributed by atoms with Crippen LogP contribution in [0.5, 0.6) is 0 Å². The monoisotopic (exact) mass is 255 g/mol. The third kappa shape index (κ3) is 3.43. The highest BCUT2D eigenvalue weighted by molar-refractivity contribution is 6.28. The topological polar surface area (TPSA) is 53.9 Å². The number of aromatic nitrogens is 3. The van der Waals surface area contributed by atoms with Gasteiger partial charge in [-0.1, -0.05) is 13.8 Å². The molecule has 2 heterocycles. The first-order chi connectivity index (χ1) is 8.15. The van der Waals surface area contributed by atoms with E-state index in [0.29, 0.717) is 17.8 Å². The Labute approximate surface area is 107 Å². The van der Waals surface area contributed by atoms with Crippen LogP contribution in [0.4, 0.5) is 11.9 Å². The van der Waals surface area contributed by atoms with Crippen molar-refractivity contribution in [3.63, 3.8) is 0 Å². The van der Waals surface area contributed by atoms with Gasteiger partial charge < -0.3 is 10.2 Å². The van der Waals surface area contributed by atoms with Crippen LogP contribution < -0.4 is 10.2 Å². The van der Waals surface area contributed by atoms with Crippen molar-refractivity contribution in [1.82, 2.24) is 15.0 Å². The molecule has 1 aromatic heterocycles. The maximum atomic E-state index is 5.91. The van der Waals surface area contributed by atoms with Gasteiger partial charge >= 0.3 is 0 Å². The van der Waals surface area contributed by atoms with Crippen LogP contribution in [0.1, 0.15) is 26.7 Å². The molecule has 1 N–H and O–H groups in total. The Kier molecular flexibility index (Phi) is 3.99. The number of anilines is 2. The molecule has 0 spiro atoms. The quantitative estimate of drug-likeness (QED) is 0.894. The third-order valence-electron chi connectivity index (χ3n) is 2.65. The molecular formula is C11H18ClN5. The zero-order valence-corrected chi connectivity index (χ0v) is 11.0. The van der Waals surface area contributed by atoms with Crippen molar-refractivity contribution >= 4 is 23.5 Å². The molecule has 0 atom stereocenters. The van der Waals surface area contributed by atoms with Crippen molar-refractivity contribution in [3.05, 3.63) is 5.28 Å². The first-order valence-electron chi connectivity index (χ1n) is 6.05. The summed E-state index contributed by atoms with van der Waals surface area (Å²) in [5.74, 6) is 1.80. The molecular weight excluding hydrogens is 238 g/mol. The van der Waals surface area contributed by atoms with E-state index in [4.69, 9.17) is 11.6 Å². The summed E-state index contributed by atoms with van der Waals surface area (Å²) >= 11 is 5.91. The lowest BCUT2D eigenvalue weighted by Crippen LogP contribution is -2.22. The Hall–Kier alpha value is -1.10. The van der Waals surface area contributed by atoms with E-state index in [1.54, 1.807) is 0 Å². The number of nitrogens with zero attached hydrogens (tertiary/aromatic N) is 4. The molecule has 0 amide bonds. The normalized spacial score (nSPS) is 15.6. The van der Waals surface area contributed by atoms with E-state index >= 15 is 0 Å². The van der Waals surface area contributed by atoms with E-state index in [0.717, 1.165) is 19.6 Å². The van der Waals surface area contributed by atoms with E-state index in [1.165, 1.54) is 12.8 Å². The molecule has 5 nitrogen and oxygen atoms in total. The van der Waals surface area contributed by atoms with Gasteiger partial charge in [-0.25, -0.2) is 0 Å². The fourth-order valence-electron chi connectivity index (χ4n) is 1.77. The van der Waals surface area contributed by atoms with Gasteiger partial charge in [-0.2, -0.15) is 15.0 Å². The van der Waals surface area contributed by atoms with Crippen LogP contribution in [0.3, 0.4) is 0 Å². The van der Waals surface area contributed by atoms with Gasteiger partial charge in [0.2, 0.25) is 17.2 Å². The molecule has 1 fully saturated rings. The molecule has 94 valence electrons. The molecule has 0 saturated carbocycles. The maximum Gasteiger partial charge on any atom is 0.231 e. The average Bonchev–Trinajstić information content (AvgIpc) is 2.79. The van der Waals surface area contributed by atoms with Crippen molar-refractivity contribution in [2.45, 2.75) is 26.7 Å². The fraction of sp³-hybridized carbons (Fsp3) is 0.727. The number of rotatable bonds is 4. The van der Waals surface area contributed by atoms with Gasteiger partial charge in [0, 0.05) is 19.6 Å². The standard InChI is InChI=1S/C11H18ClN5/c1-8(2)7-13-10-14-9(12)15-11(16-10)17-5-3-4-6-17/h8H,3-7H2,1-2H3,(H,13,14,15,16). The van der Waals surface area contributed by atoms with Gasteiger partial charge in [0.05, 0.1) is 0 Å². The van der Waals surface area contributed by atoms with Crippen LogP contribution in [0.2, 0.25) is 5.28 Å². The van der Waals surface area contributed by atoms with Crippen LogP contribution in [-0.2, 0) is 0 Å². The first-order valence-corrected chi connectivity index (χ1v) is 6.43. The summed E-state index contributed by atoms with van der Waals surface area (Å²) in [4.78, 5) is 14.8. The summed E-state index contributed by atoms with van der Waals surface area (Å²) in [6, 6.07) is 0. The minimum absolute atomic E-state index is 0.258. The van der Waals surface area contributed by atoms with E-state index < -0.39 is 0 Å². The van der Waals surface area contributed by atoms with Crippen molar-refractivity contribution in [2.75, 3.05) is 29.9 Å². The molecule has 0 aromatic carbocycles. The highest BCUT2D eigenvalue weighted by atomic mass is 35.5. The molecule has 0 aliphatic carbocycles. The average molecular weight is 256 g/mol. The van der Waals surface area contributed by atoms with E-state index in [2.05, 4.69) is 39.0 Å². The van der Waals surface area contributed by atoms with Crippen molar-refractivity contribution in [2.24, 2.45) is 5.92 Å².